The van der Waals surface area contributed by atoms with E-state index < -0.39 is 5.82 Å². The Hall–Kier alpha value is -3.48. The minimum Gasteiger partial charge on any atom is -0.494 e. The summed E-state index contributed by atoms with van der Waals surface area (Å²) in [6.45, 7) is 3.83. The zero-order chi connectivity index (χ0) is 20.8. The quantitative estimate of drug-likeness (QED) is 0.468. The maximum Gasteiger partial charge on any atom is 0.189 e. The number of pyridine rings is 1. The minimum absolute atomic E-state index is 0.121. The second-order valence-corrected chi connectivity index (χ2v) is 6.86. The van der Waals surface area contributed by atoms with Crippen LogP contribution in [0.15, 0.2) is 54.7 Å². The molecule has 0 spiro atoms. The number of anilines is 4. The summed E-state index contributed by atoms with van der Waals surface area (Å²) in [5.41, 5.74) is 1.74. The van der Waals surface area contributed by atoms with Gasteiger partial charge in [0.2, 0.25) is 0 Å². The molecule has 156 valence electrons. The van der Waals surface area contributed by atoms with Crippen molar-refractivity contribution in [1.29, 1.82) is 0 Å². The molecule has 0 saturated heterocycles. The van der Waals surface area contributed by atoms with E-state index in [0.717, 1.165) is 24.3 Å². The summed E-state index contributed by atoms with van der Waals surface area (Å²) < 4.78 is 31.7. The molecule has 0 fully saturated rings. The molecule has 0 amide bonds. The Balaban J connectivity index is 1.45. The number of nitrogens with one attached hydrogen (secondary N) is 2. The highest BCUT2D eigenvalue weighted by Gasteiger charge is 2.14. The Kier molecular flexibility index (Phi) is 6.17. The SMILES string of the molecule is CCCCOc1ccc(Nc2ccnc(Nc3ccc4c(c3)OCCO4)c2F)cc1. The minimum atomic E-state index is -0.476. The van der Waals surface area contributed by atoms with Gasteiger partial charge in [0.15, 0.2) is 23.1 Å². The third-order valence-corrected chi connectivity index (χ3v) is 4.59. The van der Waals surface area contributed by atoms with Crippen molar-refractivity contribution in [3.8, 4) is 17.2 Å². The van der Waals surface area contributed by atoms with Crippen molar-refractivity contribution in [2.75, 3.05) is 30.5 Å². The predicted octanol–water partition coefficient (Wildman–Crippen LogP) is 5.66. The van der Waals surface area contributed by atoms with E-state index in [4.69, 9.17) is 14.2 Å². The predicted molar refractivity (Wildman–Crippen MR) is 115 cm³/mol. The van der Waals surface area contributed by atoms with E-state index in [2.05, 4.69) is 22.5 Å². The summed E-state index contributed by atoms with van der Waals surface area (Å²) in [4.78, 5) is 4.13. The fraction of sp³-hybridized carbons (Fsp3) is 0.261. The standard InChI is InChI=1S/C23H24FN3O3/c1-2-3-12-28-18-7-4-16(5-8-18)26-19-10-11-25-23(22(19)24)27-17-6-9-20-21(15-17)30-14-13-29-20/h4-11,15H,2-3,12-14H2,1H3,(H2,25,26,27). The van der Waals surface area contributed by atoms with Crippen molar-refractivity contribution in [3.63, 3.8) is 0 Å². The second-order valence-electron chi connectivity index (χ2n) is 6.86. The molecule has 2 aromatic carbocycles. The average Bonchev–Trinajstić information content (AvgIpc) is 2.78. The van der Waals surface area contributed by atoms with Crippen LogP contribution in [0.1, 0.15) is 19.8 Å². The number of unbranched alkanes of at least 4 members (excludes halogenated alkanes) is 1. The summed E-state index contributed by atoms with van der Waals surface area (Å²) in [7, 11) is 0. The zero-order valence-corrected chi connectivity index (χ0v) is 16.8. The van der Waals surface area contributed by atoms with Gasteiger partial charge in [0.05, 0.1) is 12.3 Å². The van der Waals surface area contributed by atoms with Gasteiger partial charge in [-0.3, -0.25) is 0 Å². The van der Waals surface area contributed by atoms with E-state index in [1.54, 1.807) is 30.5 Å². The van der Waals surface area contributed by atoms with Crippen LogP contribution in [0.2, 0.25) is 0 Å². The van der Waals surface area contributed by atoms with Crippen LogP contribution in [0, 0.1) is 5.82 Å². The molecule has 2 heterocycles. The van der Waals surface area contributed by atoms with Crippen LogP contribution in [0.3, 0.4) is 0 Å². The van der Waals surface area contributed by atoms with E-state index in [1.165, 1.54) is 0 Å². The van der Waals surface area contributed by atoms with Gasteiger partial charge in [-0.1, -0.05) is 13.3 Å². The lowest BCUT2D eigenvalue weighted by atomic mass is 10.2. The van der Waals surface area contributed by atoms with Gasteiger partial charge in [0.1, 0.15) is 19.0 Å². The van der Waals surface area contributed by atoms with Crippen molar-refractivity contribution < 1.29 is 18.6 Å². The molecule has 30 heavy (non-hydrogen) atoms. The Morgan fingerprint density at radius 1 is 0.967 bits per heavy atom. The third kappa shape index (κ3) is 4.74. The van der Waals surface area contributed by atoms with Crippen LogP contribution in [0.25, 0.3) is 0 Å². The molecule has 1 aliphatic rings. The van der Waals surface area contributed by atoms with E-state index in [0.29, 0.717) is 42.7 Å². The van der Waals surface area contributed by atoms with Gasteiger partial charge in [0, 0.05) is 23.6 Å². The van der Waals surface area contributed by atoms with Gasteiger partial charge in [-0.2, -0.15) is 0 Å². The molecule has 3 aromatic rings. The molecule has 0 atom stereocenters. The van der Waals surface area contributed by atoms with Gasteiger partial charge in [-0.15, -0.1) is 0 Å². The van der Waals surface area contributed by atoms with Crippen LogP contribution in [0.5, 0.6) is 17.2 Å². The number of benzene rings is 2. The fourth-order valence-corrected chi connectivity index (χ4v) is 3.01. The topological polar surface area (TPSA) is 64.6 Å². The van der Waals surface area contributed by atoms with E-state index >= 15 is 0 Å². The van der Waals surface area contributed by atoms with Crippen LogP contribution < -0.4 is 24.8 Å². The van der Waals surface area contributed by atoms with E-state index in [9.17, 15) is 4.39 Å². The first-order valence-electron chi connectivity index (χ1n) is 10.0. The fourth-order valence-electron chi connectivity index (χ4n) is 3.01. The van der Waals surface area contributed by atoms with Gasteiger partial charge >= 0.3 is 0 Å². The number of fused-ring (bicyclic) bond motifs is 1. The van der Waals surface area contributed by atoms with Crippen LogP contribution in [-0.4, -0.2) is 24.8 Å². The monoisotopic (exact) mass is 409 g/mol. The molecule has 2 N–H and O–H groups in total. The van der Waals surface area contributed by atoms with Crippen LogP contribution in [-0.2, 0) is 0 Å². The molecule has 0 bridgehead atoms. The number of hydrogen-bond donors (Lipinski definition) is 2. The van der Waals surface area contributed by atoms with Crippen molar-refractivity contribution in [1.82, 2.24) is 4.98 Å². The molecule has 6 nitrogen and oxygen atoms in total. The molecule has 1 aromatic heterocycles. The third-order valence-electron chi connectivity index (χ3n) is 4.59. The summed E-state index contributed by atoms with van der Waals surface area (Å²) >= 11 is 0. The lowest BCUT2D eigenvalue weighted by Crippen LogP contribution is -2.15. The zero-order valence-electron chi connectivity index (χ0n) is 16.8. The first kappa shape index (κ1) is 19.8. The number of nitrogens with zero attached hydrogens (tertiary/aromatic N) is 1. The molecule has 4 rings (SSSR count). The molecule has 7 heteroatoms. The van der Waals surface area contributed by atoms with Crippen LogP contribution >= 0.6 is 0 Å². The average molecular weight is 409 g/mol. The summed E-state index contributed by atoms with van der Waals surface area (Å²) in [6.07, 6.45) is 3.65. The van der Waals surface area contributed by atoms with E-state index in [-0.39, 0.29) is 5.82 Å². The van der Waals surface area contributed by atoms with Crippen molar-refractivity contribution in [3.05, 3.63) is 60.5 Å². The Morgan fingerprint density at radius 2 is 1.73 bits per heavy atom. The number of ether oxygens (including phenoxy) is 3. The smallest absolute Gasteiger partial charge is 0.189 e. The highest BCUT2D eigenvalue weighted by Crippen LogP contribution is 2.34. The summed E-state index contributed by atoms with van der Waals surface area (Å²) in [5, 5.41) is 6.09. The molecule has 1 aliphatic heterocycles. The molecule has 0 radical (unpaired) electrons. The number of halogens is 1. The lowest BCUT2D eigenvalue weighted by molar-refractivity contribution is 0.171. The number of hydrogen-bond acceptors (Lipinski definition) is 6. The Labute approximate surface area is 175 Å². The van der Waals surface area contributed by atoms with Gasteiger partial charge in [-0.25, -0.2) is 9.37 Å². The highest BCUT2D eigenvalue weighted by atomic mass is 19.1. The van der Waals surface area contributed by atoms with Crippen molar-refractivity contribution in [2.24, 2.45) is 0 Å². The van der Waals surface area contributed by atoms with Gasteiger partial charge in [-0.05, 0) is 48.9 Å². The Morgan fingerprint density at radius 3 is 2.53 bits per heavy atom. The van der Waals surface area contributed by atoms with E-state index in [1.807, 2.05) is 24.3 Å². The maximum absolute atomic E-state index is 15.0. The first-order valence-corrected chi connectivity index (χ1v) is 10.0. The maximum atomic E-state index is 15.0. The summed E-state index contributed by atoms with van der Waals surface area (Å²) in [5.74, 6) is 1.75. The second kappa shape index (κ2) is 9.35. The molecular weight excluding hydrogens is 385 g/mol. The first-order chi connectivity index (χ1) is 14.7. The molecular formula is C23H24FN3O3. The van der Waals surface area contributed by atoms with Crippen molar-refractivity contribution >= 4 is 22.9 Å². The molecule has 0 unspecified atom stereocenters. The van der Waals surface area contributed by atoms with Crippen LogP contribution in [0.4, 0.5) is 27.3 Å². The van der Waals surface area contributed by atoms with Crippen molar-refractivity contribution in [2.45, 2.75) is 19.8 Å². The normalized spacial score (nSPS) is 12.3. The molecule has 0 saturated carbocycles. The number of rotatable bonds is 8. The van der Waals surface area contributed by atoms with Gasteiger partial charge < -0.3 is 24.8 Å². The summed E-state index contributed by atoms with van der Waals surface area (Å²) in [6, 6.07) is 14.4. The highest BCUT2D eigenvalue weighted by molar-refractivity contribution is 5.68. The largest absolute Gasteiger partial charge is 0.494 e. The number of aromatic nitrogens is 1. The van der Waals surface area contributed by atoms with Gasteiger partial charge in [0.25, 0.3) is 0 Å². The Bertz CT molecular complexity index is 995. The lowest BCUT2D eigenvalue weighted by Gasteiger charge is -2.19. The molecule has 0 aliphatic carbocycles.